The maximum atomic E-state index is 2.25. The molecule has 0 aliphatic carbocycles. The van der Waals surface area contributed by atoms with E-state index in [0.717, 1.165) is 0 Å². The third-order valence-corrected chi connectivity index (χ3v) is 0.577. The van der Waals surface area contributed by atoms with Crippen molar-refractivity contribution in [2.45, 2.75) is 26.5 Å². The van der Waals surface area contributed by atoms with E-state index < -0.39 is 0 Å². The zero-order valence-corrected chi connectivity index (χ0v) is 5.96. The average molecular weight is 149 g/mol. The van der Waals surface area contributed by atoms with E-state index in [2.05, 4.69) is 21.1 Å². The van der Waals surface area contributed by atoms with E-state index in [1.807, 2.05) is 0 Å². The minimum absolute atomic E-state index is 0. The molecule has 0 aliphatic rings. The molecule has 0 nitrogen and oxygen atoms in total. The van der Waals surface area contributed by atoms with Gasteiger partial charge in [-0.25, -0.2) is 0 Å². The predicted octanol–water partition coefficient (Wildman–Crippen LogP) is -1.43. The van der Waals surface area contributed by atoms with Gasteiger partial charge in [0.05, 0.1) is 0 Å². The maximum Gasteiger partial charge on any atom is -1.00 e. The Bertz CT molecular complexity index is 15.0. The molecule has 0 saturated heterocycles. The quantitative estimate of drug-likeness (QED) is 0.422. The summed E-state index contributed by atoms with van der Waals surface area (Å²) in [5.74, 6) is 0. The number of hydrogen-bond acceptors (Lipinski definition) is 0. The number of hydrogen-bond donors (Lipinski definition) is 0. The molecule has 0 unspecified atom stereocenters. The van der Waals surface area contributed by atoms with E-state index in [1.54, 1.807) is 0 Å². The summed E-state index contributed by atoms with van der Waals surface area (Å²) in [6.07, 6.45) is 2.44. The van der Waals surface area contributed by atoms with Crippen molar-refractivity contribution < 1.29 is 17.0 Å². The van der Waals surface area contributed by atoms with Crippen LogP contribution >= 0.6 is 0 Å². The molecule has 0 bridgehead atoms. The minimum atomic E-state index is 0. The van der Waals surface area contributed by atoms with Gasteiger partial charge in [0.15, 0.2) is 0 Å². The normalized spacial score (nSPS) is 5.67. The molecule has 0 aromatic heterocycles. The van der Waals surface area contributed by atoms with Crippen LogP contribution in [0.3, 0.4) is 0 Å². The summed E-state index contributed by atoms with van der Waals surface area (Å²) in [7, 11) is 2.25. The van der Waals surface area contributed by atoms with Crippen molar-refractivity contribution in [1.82, 2.24) is 0 Å². The van der Waals surface area contributed by atoms with Crippen molar-refractivity contribution in [2.75, 3.05) is 0 Å². The van der Waals surface area contributed by atoms with E-state index in [0.29, 0.717) is 0 Å². The van der Waals surface area contributed by atoms with Crippen LogP contribution in [-0.4, -0.2) is 7.28 Å². The van der Waals surface area contributed by atoms with Crippen molar-refractivity contribution in [1.29, 1.82) is 0 Å². The second kappa shape index (κ2) is 9.11. The molecule has 0 rings (SSSR count). The topological polar surface area (TPSA) is 0 Å². The fourth-order valence-electron chi connectivity index (χ4n) is 0.289. The first-order valence-corrected chi connectivity index (χ1v) is 2.23. The van der Waals surface area contributed by atoms with Gasteiger partial charge in [-0.15, -0.1) is 0 Å². The van der Waals surface area contributed by atoms with Crippen molar-refractivity contribution in [3.63, 3.8) is 0 Å². The van der Waals surface area contributed by atoms with Gasteiger partial charge in [0.1, 0.15) is 0 Å². The zero-order valence-electron chi connectivity index (χ0n) is 4.37. The molecule has 0 aromatic rings. The SMILES string of the molecule is CC[B+]CC.[Br-]. The molecule has 0 N–H and O–H groups in total. The fraction of sp³-hybridized carbons (Fsp3) is 1.00. The van der Waals surface area contributed by atoms with Crippen LogP contribution < -0.4 is 17.0 Å². The van der Waals surface area contributed by atoms with E-state index in [-0.39, 0.29) is 17.0 Å². The van der Waals surface area contributed by atoms with Crippen LogP contribution in [0.1, 0.15) is 13.8 Å². The third kappa shape index (κ3) is 8.82. The van der Waals surface area contributed by atoms with Gasteiger partial charge in [0.2, 0.25) is 0 Å². The molecule has 36 valence electrons. The van der Waals surface area contributed by atoms with Gasteiger partial charge < -0.3 is 17.0 Å². The molecule has 0 saturated carbocycles. The Labute approximate surface area is 51.3 Å². The molecule has 2 heteroatoms. The average Bonchev–Trinajstić information content (AvgIpc) is 1.41. The summed E-state index contributed by atoms with van der Waals surface area (Å²) < 4.78 is 0. The Morgan fingerprint density at radius 1 is 1.17 bits per heavy atom. The van der Waals surface area contributed by atoms with Gasteiger partial charge >= 0.3 is 33.8 Å². The van der Waals surface area contributed by atoms with Gasteiger partial charge in [0, 0.05) is 0 Å². The minimum Gasteiger partial charge on any atom is -1.00 e. The summed E-state index contributed by atoms with van der Waals surface area (Å²) in [6.45, 7) is 4.31. The van der Waals surface area contributed by atoms with Gasteiger partial charge in [-0.05, 0) is 0 Å². The molecule has 0 spiro atoms. The molecule has 0 heterocycles. The van der Waals surface area contributed by atoms with Crippen LogP contribution in [-0.2, 0) is 0 Å². The molecule has 0 aromatic carbocycles. The summed E-state index contributed by atoms with van der Waals surface area (Å²) in [4.78, 5) is 0. The molecule has 6 heavy (non-hydrogen) atoms. The summed E-state index contributed by atoms with van der Waals surface area (Å²) >= 11 is 0. The third-order valence-electron chi connectivity index (χ3n) is 0.577. The summed E-state index contributed by atoms with van der Waals surface area (Å²) in [5.41, 5.74) is 0. The van der Waals surface area contributed by atoms with Crippen LogP contribution in [0.5, 0.6) is 0 Å². The molecule has 0 aliphatic heterocycles. The van der Waals surface area contributed by atoms with Crippen LogP contribution in [0.4, 0.5) is 0 Å². The molecular weight excluding hydrogens is 139 g/mol. The molecule has 0 fully saturated rings. The van der Waals surface area contributed by atoms with Gasteiger partial charge in [-0.3, -0.25) is 0 Å². The Morgan fingerprint density at radius 3 is 1.50 bits per heavy atom. The Balaban J connectivity index is 0. The van der Waals surface area contributed by atoms with Gasteiger partial charge in [-0.1, -0.05) is 0 Å². The Morgan fingerprint density at radius 2 is 1.50 bits per heavy atom. The Hall–Kier alpha value is 0.545. The van der Waals surface area contributed by atoms with Crippen molar-refractivity contribution in [3.8, 4) is 0 Å². The summed E-state index contributed by atoms with van der Waals surface area (Å²) in [5, 5.41) is 0. The monoisotopic (exact) mass is 148 g/mol. The second-order valence-electron chi connectivity index (χ2n) is 1.11. The number of rotatable bonds is 2. The van der Waals surface area contributed by atoms with E-state index in [4.69, 9.17) is 0 Å². The molecular formula is C4H10BBr. The summed E-state index contributed by atoms with van der Waals surface area (Å²) in [6, 6.07) is 0. The van der Waals surface area contributed by atoms with Crippen LogP contribution in [0.25, 0.3) is 0 Å². The van der Waals surface area contributed by atoms with E-state index >= 15 is 0 Å². The number of halogens is 1. The standard InChI is InChI=1S/C4H10B.BrH/c1-3-5-4-2;/h3-4H2,1-2H3;1H/q+1;/p-1. The van der Waals surface area contributed by atoms with Gasteiger partial charge in [-0.2, -0.15) is 0 Å². The first kappa shape index (κ1) is 9.74. The van der Waals surface area contributed by atoms with Crippen molar-refractivity contribution in [3.05, 3.63) is 0 Å². The molecule has 0 amide bonds. The predicted molar refractivity (Wildman–Crippen MR) is 26.7 cm³/mol. The zero-order chi connectivity index (χ0) is 4.12. The second-order valence-corrected chi connectivity index (χ2v) is 1.11. The maximum absolute atomic E-state index is 2.25. The van der Waals surface area contributed by atoms with Crippen molar-refractivity contribution in [2.24, 2.45) is 0 Å². The van der Waals surface area contributed by atoms with Crippen LogP contribution in [0, 0.1) is 0 Å². The largest absolute Gasteiger partial charge is 1.00 e. The Kier molecular flexibility index (Phi) is 14.8. The first-order chi connectivity index (χ1) is 2.41. The van der Waals surface area contributed by atoms with E-state index in [9.17, 15) is 0 Å². The fourth-order valence-corrected chi connectivity index (χ4v) is 0.289. The van der Waals surface area contributed by atoms with Crippen LogP contribution in [0.2, 0.25) is 12.6 Å². The van der Waals surface area contributed by atoms with Crippen LogP contribution in [0.15, 0.2) is 0 Å². The molecule has 0 radical (unpaired) electrons. The molecule has 0 atom stereocenters. The smallest absolute Gasteiger partial charge is 1.00 e. The van der Waals surface area contributed by atoms with Gasteiger partial charge in [0.25, 0.3) is 0 Å². The van der Waals surface area contributed by atoms with Crippen molar-refractivity contribution >= 4 is 7.28 Å². The first-order valence-electron chi connectivity index (χ1n) is 2.23. The van der Waals surface area contributed by atoms with E-state index in [1.165, 1.54) is 12.6 Å².